The standard InChI is InChI=1S/C18H38N4O3/c1-5-19-18(20-9-12-21(2)13-16-24-4)22-10-7-17(8-11-22)25-15-6-14-23-3/h17H,5-16H2,1-4H3,(H,19,20). The van der Waals surface area contributed by atoms with Crippen molar-refractivity contribution in [2.45, 2.75) is 32.3 Å². The molecule has 1 N–H and O–H groups in total. The number of nitrogens with zero attached hydrogens (tertiary/aromatic N) is 3. The third-order valence-corrected chi connectivity index (χ3v) is 4.34. The number of hydrogen-bond donors (Lipinski definition) is 1. The maximum absolute atomic E-state index is 5.94. The lowest BCUT2D eigenvalue weighted by molar-refractivity contribution is 0.00990. The fraction of sp³-hybridized carbons (Fsp3) is 0.944. The molecule has 1 aliphatic rings. The van der Waals surface area contributed by atoms with E-state index in [9.17, 15) is 0 Å². The molecule has 1 heterocycles. The molecule has 0 aromatic carbocycles. The van der Waals surface area contributed by atoms with Crippen molar-refractivity contribution in [2.75, 3.05) is 80.4 Å². The number of likely N-dealkylation sites (tertiary alicyclic amines) is 1. The predicted molar refractivity (Wildman–Crippen MR) is 102 cm³/mol. The van der Waals surface area contributed by atoms with Gasteiger partial charge in [0.2, 0.25) is 0 Å². The van der Waals surface area contributed by atoms with Crippen LogP contribution in [0.2, 0.25) is 0 Å². The quantitative estimate of drug-likeness (QED) is 0.320. The molecule has 25 heavy (non-hydrogen) atoms. The van der Waals surface area contributed by atoms with Crippen LogP contribution in [-0.2, 0) is 14.2 Å². The molecular formula is C18H38N4O3. The molecule has 0 amide bonds. The molecule has 0 radical (unpaired) electrons. The van der Waals surface area contributed by atoms with Crippen LogP contribution in [0.25, 0.3) is 0 Å². The number of methoxy groups -OCH3 is 2. The van der Waals surface area contributed by atoms with Gasteiger partial charge in [-0.1, -0.05) is 0 Å². The van der Waals surface area contributed by atoms with Gasteiger partial charge in [0, 0.05) is 60.2 Å². The Kier molecular flexibility index (Phi) is 12.7. The molecule has 0 aromatic rings. The molecule has 1 saturated heterocycles. The van der Waals surface area contributed by atoms with Crippen molar-refractivity contribution in [3.05, 3.63) is 0 Å². The van der Waals surface area contributed by atoms with Crippen LogP contribution in [0.5, 0.6) is 0 Å². The van der Waals surface area contributed by atoms with Crippen LogP contribution in [0.1, 0.15) is 26.2 Å². The summed E-state index contributed by atoms with van der Waals surface area (Å²) in [5.41, 5.74) is 0. The lowest BCUT2D eigenvalue weighted by atomic mass is 10.1. The molecule has 7 nitrogen and oxygen atoms in total. The Balaban J connectivity index is 2.32. The van der Waals surface area contributed by atoms with E-state index in [1.807, 2.05) is 0 Å². The molecule has 1 fully saturated rings. The van der Waals surface area contributed by atoms with Crippen molar-refractivity contribution in [1.29, 1.82) is 0 Å². The molecule has 0 aliphatic carbocycles. The highest BCUT2D eigenvalue weighted by Crippen LogP contribution is 2.14. The van der Waals surface area contributed by atoms with E-state index in [4.69, 9.17) is 19.2 Å². The normalized spacial score (nSPS) is 16.7. The number of guanidine groups is 1. The first-order valence-corrected chi connectivity index (χ1v) is 9.52. The van der Waals surface area contributed by atoms with Crippen LogP contribution in [0.4, 0.5) is 0 Å². The van der Waals surface area contributed by atoms with Gasteiger partial charge in [-0.05, 0) is 33.2 Å². The number of nitrogens with one attached hydrogen (secondary N) is 1. The van der Waals surface area contributed by atoms with Gasteiger partial charge in [-0.25, -0.2) is 0 Å². The van der Waals surface area contributed by atoms with E-state index in [-0.39, 0.29) is 0 Å². The van der Waals surface area contributed by atoms with E-state index in [1.54, 1.807) is 14.2 Å². The minimum Gasteiger partial charge on any atom is -0.385 e. The summed E-state index contributed by atoms with van der Waals surface area (Å²) in [5, 5.41) is 3.42. The van der Waals surface area contributed by atoms with Gasteiger partial charge in [0.05, 0.1) is 19.3 Å². The Morgan fingerprint density at radius 3 is 2.48 bits per heavy atom. The van der Waals surface area contributed by atoms with Crippen molar-refractivity contribution in [2.24, 2.45) is 4.99 Å². The number of likely N-dealkylation sites (N-methyl/N-ethyl adjacent to an activating group) is 1. The van der Waals surface area contributed by atoms with E-state index in [0.29, 0.717) is 6.10 Å². The van der Waals surface area contributed by atoms with Gasteiger partial charge in [0.15, 0.2) is 5.96 Å². The van der Waals surface area contributed by atoms with Crippen LogP contribution in [-0.4, -0.2) is 102 Å². The summed E-state index contributed by atoms with van der Waals surface area (Å²) in [6.45, 7) is 10.0. The predicted octanol–water partition coefficient (Wildman–Crippen LogP) is 1.05. The highest BCUT2D eigenvalue weighted by atomic mass is 16.5. The second kappa shape index (κ2) is 14.3. The minimum absolute atomic E-state index is 0.371. The lowest BCUT2D eigenvalue weighted by Crippen LogP contribution is -2.47. The van der Waals surface area contributed by atoms with Crippen LogP contribution in [0.3, 0.4) is 0 Å². The number of hydrogen-bond acceptors (Lipinski definition) is 5. The SMILES string of the molecule is CCNC(=NCCN(C)CCOC)N1CCC(OCCCOC)CC1. The van der Waals surface area contributed by atoms with E-state index < -0.39 is 0 Å². The topological polar surface area (TPSA) is 58.6 Å². The molecular weight excluding hydrogens is 320 g/mol. The zero-order valence-electron chi connectivity index (χ0n) is 16.6. The van der Waals surface area contributed by atoms with Crippen LogP contribution in [0.15, 0.2) is 4.99 Å². The Bertz CT molecular complexity index is 347. The van der Waals surface area contributed by atoms with Gasteiger partial charge >= 0.3 is 0 Å². The molecule has 1 aliphatic heterocycles. The molecule has 0 spiro atoms. The molecule has 148 valence electrons. The van der Waals surface area contributed by atoms with Crippen molar-refractivity contribution in [3.63, 3.8) is 0 Å². The van der Waals surface area contributed by atoms with Gasteiger partial charge in [0.1, 0.15) is 0 Å². The largest absolute Gasteiger partial charge is 0.385 e. The average molecular weight is 359 g/mol. The third-order valence-electron chi connectivity index (χ3n) is 4.34. The van der Waals surface area contributed by atoms with E-state index in [1.165, 1.54) is 0 Å². The number of ether oxygens (including phenoxy) is 3. The fourth-order valence-electron chi connectivity index (χ4n) is 2.80. The summed E-state index contributed by atoms with van der Waals surface area (Å²) in [5.74, 6) is 1.03. The Morgan fingerprint density at radius 2 is 1.84 bits per heavy atom. The smallest absolute Gasteiger partial charge is 0.193 e. The lowest BCUT2D eigenvalue weighted by Gasteiger charge is -2.34. The average Bonchev–Trinajstić information content (AvgIpc) is 2.63. The van der Waals surface area contributed by atoms with Crippen molar-refractivity contribution >= 4 is 5.96 Å². The summed E-state index contributed by atoms with van der Waals surface area (Å²) < 4.78 is 16.1. The number of piperidine rings is 1. The summed E-state index contributed by atoms with van der Waals surface area (Å²) in [6, 6.07) is 0. The zero-order chi connectivity index (χ0) is 18.3. The van der Waals surface area contributed by atoms with Gasteiger partial charge in [0.25, 0.3) is 0 Å². The maximum Gasteiger partial charge on any atom is 0.193 e. The van der Waals surface area contributed by atoms with Gasteiger partial charge in [-0.3, -0.25) is 4.99 Å². The second-order valence-electron chi connectivity index (χ2n) is 6.44. The summed E-state index contributed by atoms with van der Waals surface area (Å²) in [6.07, 6.45) is 3.46. The first-order valence-electron chi connectivity index (χ1n) is 9.52. The van der Waals surface area contributed by atoms with Gasteiger partial charge < -0.3 is 29.3 Å². The van der Waals surface area contributed by atoms with Crippen molar-refractivity contribution in [3.8, 4) is 0 Å². The van der Waals surface area contributed by atoms with Crippen molar-refractivity contribution < 1.29 is 14.2 Å². The number of aliphatic imine (C=N–C) groups is 1. The molecule has 0 saturated carbocycles. The van der Waals surface area contributed by atoms with E-state index >= 15 is 0 Å². The van der Waals surface area contributed by atoms with Crippen LogP contribution in [0, 0.1) is 0 Å². The minimum atomic E-state index is 0.371. The highest BCUT2D eigenvalue weighted by molar-refractivity contribution is 5.80. The monoisotopic (exact) mass is 358 g/mol. The molecule has 0 atom stereocenters. The van der Waals surface area contributed by atoms with Gasteiger partial charge in [-0.2, -0.15) is 0 Å². The summed E-state index contributed by atoms with van der Waals surface area (Å²) >= 11 is 0. The number of rotatable bonds is 12. The second-order valence-corrected chi connectivity index (χ2v) is 6.44. The molecule has 7 heteroatoms. The van der Waals surface area contributed by atoms with Crippen LogP contribution >= 0.6 is 0 Å². The highest BCUT2D eigenvalue weighted by Gasteiger charge is 2.21. The van der Waals surface area contributed by atoms with Crippen LogP contribution < -0.4 is 5.32 Å². The van der Waals surface area contributed by atoms with E-state index in [0.717, 1.165) is 84.3 Å². The third kappa shape index (κ3) is 9.99. The Hall–Kier alpha value is -0.890. The molecule has 0 aromatic heterocycles. The summed E-state index contributed by atoms with van der Waals surface area (Å²) in [4.78, 5) is 9.39. The van der Waals surface area contributed by atoms with E-state index in [2.05, 4.69) is 29.1 Å². The molecule has 0 unspecified atom stereocenters. The Morgan fingerprint density at radius 1 is 1.12 bits per heavy atom. The maximum atomic E-state index is 5.94. The van der Waals surface area contributed by atoms with Crippen molar-refractivity contribution in [1.82, 2.24) is 15.1 Å². The molecule has 0 bridgehead atoms. The first kappa shape index (κ1) is 22.2. The molecule has 1 rings (SSSR count). The Labute approximate surface area is 153 Å². The summed E-state index contributed by atoms with van der Waals surface area (Å²) in [7, 11) is 5.57. The zero-order valence-corrected chi connectivity index (χ0v) is 16.6. The first-order chi connectivity index (χ1) is 12.2. The van der Waals surface area contributed by atoms with Gasteiger partial charge in [-0.15, -0.1) is 0 Å². The fourth-order valence-corrected chi connectivity index (χ4v) is 2.80.